The first-order valence-corrected chi connectivity index (χ1v) is 8.10. The summed E-state index contributed by atoms with van der Waals surface area (Å²) in [5.74, 6) is -0.415. The molecule has 1 unspecified atom stereocenters. The van der Waals surface area contributed by atoms with E-state index in [1.807, 2.05) is 32.0 Å². The van der Waals surface area contributed by atoms with Crippen LogP contribution in [0.1, 0.15) is 22.7 Å². The normalized spacial score (nSPS) is 11.4. The monoisotopic (exact) mass is 379 g/mol. The molecule has 0 aliphatic rings. The van der Waals surface area contributed by atoms with E-state index in [1.54, 1.807) is 38.2 Å². The number of carbonyl (C=O) groups is 2. The van der Waals surface area contributed by atoms with Crippen LogP contribution in [-0.4, -0.2) is 47.1 Å². The lowest BCUT2D eigenvalue weighted by Crippen LogP contribution is -2.41. The summed E-state index contributed by atoms with van der Waals surface area (Å²) < 4.78 is 1.64. The first-order chi connectivity index (χ1) is 11.8. The number of hydrogen-bond donors (Lipinski definition) is 2. The zero-order valence-corrected chi connectivity index (χ0v) is 16.6. The van der Waals surface area contributed by atoms with Gasteiger partial charge < -0.3 is 15.5 Å². The topological polar surface area (TPSA) is 79.3 Å². The molecule has 1 aromatic heterocycles. The molecule has 0 radical (unpaired) electrons. The summed E-state index contributed by atoms with van der Waals surface area (Å²) in [6, 6.07) is 5.29. The fourth-order valence-corrected chi connectivity index (χ4v) is 2.73. The number of halogens is 1. The molecule has 2 N–H and O–H groups in total. The van der Waals surface area contributed by atoms with Gasteiger partial charge in [-0.1, -0.05) is 18.2 Å². The minimum Gasteiger partial charge on any atom is -0.335 e. The number of hydrogen-bond acceptors (Lipinski definition) is 4. The summed E-state index contributed by atoms with van der Waals surface area (Å²) >= 11 is 0. The van der Waals surface area contributed by atoms with Crippen molar-refractivity contribution in [2.45, 2.75) is 19.9 Å². The minimum absolute atomic E-state index is 0. The predicted molar refractivity (Wildman–Crippen MR) is 104 cm³/mol. The van der Waals surface area contributed by atoms with Gasteiger partial charge in [-0.05, 0) is 32.0 Å². The van der Waals surface area contributed by atoms with Crippen LogP contribution in [0, 0.1) is 13.8 Å². The second kappa shape index (κ2) is 9.35. The SMILES string of the molecule is CNC(C(=O)N(C)CC(=O)Nc1c(C)cccc1C)c1cnn(C)c1.Cl. The molecule has 1 heterocycles. The van der Waals surface area contributed by atoms with Gasteiger partial charge in [-0.15, -0.1) is 12.4 Å². The van der Waals surface area contributed by atoms with Crippen molar-refractivity contribution in [1.29, 1.82) is 0 Å². The number of rotatable bonds is 6. The second-order valence-corrected chi connectivity index (χ2v) is 6.18. The molecule has 0 bridgehead atoms. The van der Waals surface area contributed by atoms with Gasteiger partial charge in [-0.25, -0.2) is 0 Å². The molecule has 0 saturated carbocycles. The van der Waals surface area contributed by atoms with Gasteiger partial charge in [-0.2, -0.15) is 5.10 Å². The quantitative estimate of drug-likeness (QED) is 0.802. The number of anilines is 1. The molecular formula is C18H26ClN5O2. The van der Waals surface area contributed by atoms with Crippen molar-refractivity contribution in [3.63, 3.8) is 0 Å². The van der Waals surface area contributed by atoms with Crippen LogP contribution < -0.4 is 10.6 Å². The standard InChI is InChI=1S/C18H25N5O2.ClH/c1-12-7-6-8-13(2)16(12)21-15(24)11-22(4)18(25)17(19-3)14-9-20-23(5)10-14;/h6-10,17,19H,11H2,1-5H3,(H,21,24);1H. The fourth-order valence-electron chi connectivity index (χ4n) is 2.73. The van der Waals surface area contributed by atoms with Gasteiger partial charge in [0.05, 0.1) is 12.7 Å². The Morgan fingerprint density at radius 1 is 1.27 bits per heavy atom. The lowest BCUT2D eigenvalue weighted by Gasteiger charge is -2.23. The van der Waals surface area contributed by atoms with E-state index in [-0.39, 0.29) is 30.8 Å². The van der Waals surface area contributed by atoms with Crippen LogP contribution in [0.15, 0.2) is 30.6 Å². The molecule has 0 aliphatic heterocycles. The number of aryl methyl sites for hydroxylation is 3. The van der Waals surface area contributed by atoms with E-state index in [9.17, 15) is 9.59 Å². The number of para-hydroxylation sites is 1. The van der Waals surface area contributed by atoms with Crippen LogP contribution >= 0.6 is 12.4 Å². The number of nitrogens with zero attached hydrogens (tertiary/aromatic N) is 3. The van der Waals surface area contributed by atoms with Crippen LogP contribution in [-0.2, 0) is 16.6 Å². The molecule has 1 aromatic carbocycles. The summed E-state index contributed by atoms with van der Waals surface area (Å²) in [6.07, 6.45) is 3.42. The van der Waals surface area contributed by atoms with Crippen molar-refractivity contribution < 1.29 is 9.59 Å². The molecule has 8 heteroatoms. The molecule has 26 heavy (non-hydrogen) atoms. The average molecular weight is 380 g/mol. The molecule has 0 saturated heterocycles. The molecule has 0 aliphatic carbocycles. The maximum absolute atomic E-state index is 12.7. The Hall–Kier alpha value is -2.38. The molecule has 7 nitrogen and oxygen atoms in total. The summed E-state index contributed by atoms with van der Waals surface area (Å²) in [5.41, 5.74) is 3.54. The Morgan fingerprint density at radius 3 is 2.38 bits per heavy atom. The highest BCUT2D eigenvalue weighted by molar-refractivity contribution is 5.96. The van der Waals surface area contributed by atoms with Gasteiger partial charge in [-0.3, -0.25) is 14.3 Å². The largest absolute Gasteiger partial charge is 0.335 e. The molecular weight excluding hydrogens is 354 g/mol. The molecule has 142 valence electrons. The Kier molecular flexibility index (Phi) is 7.79. The first kappa shape index (κ1) is 21.7. The van der Waals surface area contributed by atoms with Crippen molar-refractivity contribution in [2.24, 2.45) is 7.05 Å². The van der Waals surface area contributed by atoms with E-state index in [0.717, 1.165) is 22.4 Å². The van der Waals surface area contributed by atoms with Crippen LogP contribution in [0.5, 0.6) is 0 Å². The van der Waals surface area contributed by atoms with Crippen molar-refractivity contribution in [1.82, 2.24) is 20.0 Å². The van der Waals surface area contributed by atoms with E-state index in [2.05, 4.69) is 15.7 Å². The van der Waals surface area contributed by atoms with Gasteiger partial charge in [0, 0.05) is 31.5 Å². The van der Waals surface area contributed by atoms with E-state index >= 15 is 0 Å². The van der Waals surface area contributed by atoms with E-state index < -0.39 is 6.04 Å². The lowest BCUT2D eigenvalue weighted by atomic mass is 10.1. The average Bonchev–Trinajstić information content (AvgIpc) is 2.98. The number of aromatic nitrogens is 2. The van der Waals surface area contributed by atoms with E-state index in [4.69, 9.17) is 0 Å². The smallest absolute Gasteiger partial charge is 0.244 e. The third kappa shape index (κ3) is 5.06. The van der Waals surface area contributed by atoms with Crippen molar-refractivity contribution in [3.05, 3.63) is 47.3 Å². The molecule has 2 aromatic rings. The van der Waals surface area contributed by atoms with Gasteiger partial charge in [0.1, 0.15) is 6.04 Å². The molecule has 2 amide bonds. The number of benzene rings is 1. The Labute approximate surface area is 160 Å². The maximum atomic E-state index is 12.7. The third-order valence-corrected chi connectivity index (χ3v) is 4.10. The molecule has 1 atom stereocenters. The summed E-state index contributed by atoms with van der Waals surface area (Å²) in [4.78, 5) is 26.4. The molecule has 0 spiro atoms. The summed E-state index contributed by atoms with van der Waals surface area (Å²) in [6.45, 7) is 3.86. The Balaban J connectivity index is 0.00000338. The highest BCUT2D eigenvalue weighted by Crippen LogP contribution is 2.19. The van der Waals surface area contributed by atoms with Crippen molar-refractivity contribution in [3.8, 4) is 0 Å². The van der Waals surface area contributed by atoms with Gasteiger partial charge >= 0.3 is 0 Å². The van der Waals surface area contributed by atoms with Crippen LogP contribution in [0.25, 0.3) is 0 Å². The predicted octanol–water partition coefficient (Wildman–Crippen LogP) is 1.82. The number of carbonyl (C=O) groups excluding carboxylic acids is 2. The summed E-state index contributed by atoms with van der Waals surface area (Å²) in [7, 11) is 5.12. The zero-order valence-electron chi connectivity index (χ0n) is 15.7. The first-order valence-electron chi connectivity index (χ1n) is 8.10. The number of amides is 2. The Morgan fingerprint density at radius 2 is 1.88 bits per heavy atom. The van der Waals surface area contributed by atoms with Crippen molar-refractivity contribution >= 4 is 29.9 Å². The highest BCUT2D eigenvalue weighted by Gasteiger charge is 2.25. The van der Waals surface area contributed by atoms with Gasteiger partial charge in [0.2, 0.25) is 11.8 Å². The Bertz CT molecular complexity index is 754. The minimum atomic E-state index is -0.535. The zero-order chi connectivity index (χ0) is 18.6. The van der Waals surface area contributed by atoms with E-state index in [0.29, 0.717) is 0 Å². The number of likely N-dealkylation sites (N-methyl/N-ethyl adjacent to an activating group) is 2. The molecule has 2 rings (SSSR count). The maximum Gasteiger partial charge on any atom is 0.244 e. The van der Waals surface area contributed by atoms with Crippen LogP contribution in [0.2, 0.25) is 0 Å². The summed E-state index contributed by atoms with van der Waals surface area (Å²) in [5, 5.41) is 9.96. The second-order valence-electron chi connectivity index (χ2n) is 6.18. The highest BCUT2D eigenvalue weighted by atomic mass is 35.5. The van der Waals surface area contributed by atoms with Gasteiger partial charge in [0.15, 0.2) is 0 Å². The van der Waals surface area contributed by atoms with E-state index in [1.165, 1.54) is 4.90 Å². The van der Waals surface area contributed by atoms with Crippen LogP contribution in [0.3, 0.4) is 0 Å². The lowest BCUT2D eigenvalue weighted by molar-refractivity contribution is -0.135. The van der Waals surface area contributed by atoms with Gasteiger partial charge in [0.25, 0.3) is 0 Å². The number of nitrogens with one attached hydrogen (secondary N) is 2. The van der Waals surface area contributed by atoms with Crippen molar-refractivity contribution in [2.75, 3.05) is 26.0 Å². The molecule has 0 fully saturated rings. The third-order valence-electron chi connectivity index (χ3n) is 4.10. The fraction of sp³-hybridized carbons (Fsp3) is 0.389. The van der Waals surface area contributed by atoms with Crippen LogP contribution in [0.4, 0.5) is 5.69 Å².